The van der Waals surface area contributed by atoms with Crippen molar-refractivity contribution in [1.29, 1.82) is 0 Å². The summed E-state index contributed by atoms with van der Waals surface area (Å²) in [5.74, 6) is 0.755. The number of aliphatic hydroxyl groups excluding tert-OH is 2. The van der Waals surface area contributed by atoms with Crippen molar-refractivity contribution >= 4 is 0 Å². The Bertz CT molecular complexity index is 204. The van der Waals surface area contributed by atoms with E-state index in [-0.39, 0.29) is 12.7 Å². The minimum Gasteiger partial charge on any atom is -0.395 e. The molecule has 0 aromatic carbocycles. The maximum Gasteiger partial charge on any atom is 0.0669 e. The fraction of sp³-hybridized carbons (Fsp3) is 1.00. The third-order valence-corrected chi connectivity index (χ3v) is 4.24. The predicted octanol–water partition coefficient (Wildman–Crippen LogP) is 1.38. The van der Waals surface area contributed by atoms with Crippen molar-refractivity contribution in [2.24, 2.45) is 5.92 Å². The number of rotatable bonds is 5. The van der Waals surface area contributed by atoms with E-state index in [9.17, 15) is 10.2 Å². The van der Waals surface area contributed by atoms with Gasteiger partial charge in [0.15, 0.2) is 0 Å². The van der Waals surface area contributed by atoms with Crippen molar-refractivity contribution < 1.29 is 10.2 Å². The maximum absolute atomic E-state index is 10.1. The van der Waals surface area contributed by atoms with Crippen molar-refractivity contribution in [1.82, 2.24) is 4.90 Å². The third-order valence-electron chi connectivity index (χ3n) is 4.24. The molecule has 2 N–H and O–H groups in total. The molecule has 0 amide bonds. The summed E-state index contributed by atoms with van der Waals surface area (Å²) >= 11 is 0. The zero-order valence-electron chi connectivity index (χ0n) is 10.1. The van der Waals surface area contributed by atoms with Crippen LogP contribution in [-0.4, -0.2) is 47.0 Å². The molecule has 1 heterocycles. The van der Waals surface area contributed by atoms with Crippen molar-refractivity contribution in [3.8, 4) is 0 Å². The molecule has 94 valence electrons. The molecule has 3 nitrogen and oxygen atoms in total. The van der Waals surface area contributed by atoms with Gasteiger partial charge in [-0.05, 0) is 31.7 Å². The highest BCUT2D eigenvalue weighted by Gasteiger charge is 2.27. The summed E-state index contributed by atoms with van der Waals surface area (Å²) in [6.07, 6.45) is 8.35. The summed E-state index contributed by atoms with van der Waals surface area (Å²) in [6.45, 7) is 2.06. The van der Waals surface area contributed by atoms with Crippen LogP contribution in [0.15, 0.2) is 0 Å². The smallest absolute Gasteiger partial charge is 0.0669 e. The van der Waals surface area contributed by atoms with E-state index in [4.69, 9.17) is 0 Å². The molecular weight excluding hydrogens is 202 g/mol. The van der Waals surface area contributed by atoms with E-state index in [0.29, 0.717) is 6.04 Å². The molecule has 1 saturated carbocycles. The van der Waals surface area contributed by atoms with E-state index in [1.54, 1.807) is 0 Å². The van der Waals surface area contributed by atoms with E-state index in [0.717, 1.165) is 31.8 Å². The lowest BCUT2D eigenvalue weighted by atomic mass is 10.00. The van der Waals surface area contributed by atoms with Gasteiger partial charge in [-0.15, -0.1) is 0 Å². The fourth-order valence-corrected chi connectivity index (χ4v) is 3.32. The van der Waals surface area contributed by atoms with E-state index in [1.807, 2.05) is 0 Å². The molecule has 16 heavy (non-hydrogen) atoms. The normalized spacial score (nSPS) is 30.0. The van der Waals surface area contributed by atoms with E-state index in [1.165, 1.54) is 32.1 Å². The molecule has 0 radical (unpaired) electrons. The van der Waals surface area contributed by atoms with Gasteiger partial charge in [0.05, 0.1) is 12.7 Å². The van der Waals surface area contributed by atoms with Crippen molar-refractivity contribution in [3.63, 3.8) is 0 Å². The highest BCUT2D eigenvalue weighted by atomic mass is 16.3. The molecule has 2 atom stereocenters. The molecule has 0 aromatic heterocycles. The van der Waals surface area contributed by atoms with Gasteiger partial charge in [0, 0.05) is 12.6 Å². The van der Waals surface area contributed by atoms with Crippen molar-refractivity contribution in [2.75, 3.05) is 19.7 Å². The van der Waals surface area contributed by atoms with Gasteiger partial charge in [-0.25, -0.2) is 0 Å². The van der Waals surface area contributed by atoms with Gasteiger partial charge < -0.3 is 10.2 Å². The van der Waals surface area contributed by atoms with Gasteiger partial charge >= 0.3 is 0 Å². The van der Waals surface area contributed by atoms with Gasteiger partial charge in [0.1, 0.15) is 0 Å². The largest absolute Gasteiger partial charge is 0.395 e. The lowest BCUT2D eigenvalue weighted by Gasteiger charge is -2.26. The zero-order chi connectivity index (χ0) is 11.4. The van der Waals surface area contributed by atoms with E-state index in [2.05, 4.69) is 4.90 Å². The predicted molar refractivity (Wildman–Crippen MR) is 64.3 cm³/mol. The van der Waals surface area contributed by atoms with Crippen molar-refractivity contribution in [2.45, 2.75) is 57.1 Å². The standard InChI is InChI=1S/C13H25NO2/c15-10-12-6-3-7-14(12)9-13(16)8-11-4-1-2-5-11/h11-13,15-16H,1-10H2/t12-,13?/m0/s1. The van der Waals surface area contributed by atoms with Crippen molar-refractivity contribution in [3.05, 3.63) is 0 Å². The molecule has 1 unspecified atom stereocenters. The van der Waals surface area contributed by atoms with Gasteiger partial charge in [-0.3, -0.25) is 4.90 Å². The average Bonchev–Trinajstić information content (AvgIpc) is 2.88. The summed E-state index contributed by atoms with van der Waals surface area (Å²) in [7, 11) is 0. The quantitative estimate of drug-likeness (QED) is 0.746. The SMILES string of the molecule is OC[C@@H]1CCCN1CC(O)CC1CCCC1. The van der Waals surface area contributed by atoms with Crippen LogP contribution in [0.5, 0.6) is 0 Å². The molecule has 1 aliphatic heterocycles. The molecule has 2 aliphatic rings. The first-order valence-corrected chi connectivity index (χ1v) is 6.82. The Hall–Kier alpha value is -0.120. The minimum absolute atomic E-state index is 0.185. The van der Waals surface area contributed by atoms with Crippen LogP contribution in [0.3, 0.4) is 0 Å². The van der Waals surface area contributed by atoms with Crippen LogP contribution in [0.25, 0.3) is 0 Å². The summed E-state index contributed by atoms with van der Waals surface area (Å²) in [4.78, 5) is 2.26. The molecule has 0 aromatic rings. The molecule has 1 saturated heterocycles. The highest BCUT2D eigenvalue weighted by Crippen LogP contribution is 2.29. The topological polar surface area (TPSA) is 43.7 Å². The Balaban J connectivity index is 1.71. The molecule has 2 fully saturated rings. The number of hydrogen-bond donors (Lipinski definition) is 2. The maximum atomic E-state index is 10.1. The molecule has 1 aliphatic carbocycles. The second-order valence-electron chi connectivity index (χ2n) is 5.51. The number of aliphatic hydroxyl groups is 2. The third kappa shape index (κ3) is 3.19. The van der Waals surface area contributed by atoms with Crippen LogP contribution in [0.2, 0.25) is 0 Å². The first-order chi connectivity index (χ1) is 7.79. The monoisotopic (exact) mass is 227 g/mol. The Morgan fingerprint density at radius 1 is 1.12 bits per heavy atom. The van der Waals surface area contributed by atoms with E-state index < -0.39 is 0 Å². The summed E-state index contributed by atoms with van der Waals surface area (Å²) in [6, 6.07) is 0.304. The van der Waals surface area contributed by atoms with Gasteiger partial charge in [0.25, 0.3) is 0 Å². The summed E-state index contributed by atoms with van der Waals surface area (Å²) < 4.78 is 0. The summed E-state index contributed by atoms with van der Waals surface area (Å²) in [5.41, 5.74) is 0. The minimum atomic E-state index is -0.185. The van der Waals surface area contributed by atoms with Crippen LogP contribution in [0.1, 0.15) is 44.9 Å². The van der Waals surface area contributed by atoms with Crippen LogP contribution < -0.4 is 0 Å². The van der Waals surface area contributed by atoms with Crippen LogP contribution >= 0.6 is 0 Å². The van der Waals surface area contributed by atoms with Crippen LogP contribution in [0.4, 0.5) is 0 Å². The van der Waals surface area contributed by atoms with Gasteiger partial charge in [-0.2, -0.15) is 0 Å². The lowest BCUT2D eigenvalue weighted by Crippen LogP contribution is -2.38. The molecule has 3 heteroatoms. The summed E-state index contributed by atoms with van der Waals surface area (Å²) in [5, 5.41) is 19.3. The Morgan fingerprint density at radius 2 is 1.88 bits per heavy atom. The number of β-amino-alcohol motifs (C(OH)–C–C–N with tert-alkyl or cyclic N) is 1. The number of nitrogens with zero attached hydrogens (tertiary/aromatic N) is 1. The van der Waals surface area contributed by atoms with E-state index >= 15 is 0 Å². The number of hydrogen-bond acceptors (Lipinski definition) is 3. The van der Waals surface area contributed by atoms with Gasteiger partial charge in [0.2, 0.25) is 0 Å². The van der Waals surface area contributed by atoms with Gasteiger partial charge in [-0.1, -0.05) is 25.7 Å². The Kier molecular flexibility index (Phi) is 4.62. The molecule has 2 rings (SSSR count). The Morgan fingerprint density at radius 3 is 2.56 bits per heavy atom. The second kappa shape index (κ2) is 5.99. The first kappa shape index (κ1) is 12.3. The highest BCUT2D eigenvalue weighted by molar-refractivity contribution is 4.81. The Labute approximate surface area is 98.5 Å². The van der Waals surface area contributed by atoms with Crippen LogP contribution in [-0.2, 0) is 0 Å². The molecule has 0 spiro atoms. The lowest BCUT2D eigenvalue weighted by molar-refractivity contribution is 0.0703. The number of likely N-dealkylation sites (tertiary alicyclic amines) is 1. The van der Waals surface area contributed by atoms with Crippen LogP contribution in [0, 0.1) is 5.92 Å². The fourth-order valence-electron chi connectivity index (χ4n) is 3.32. The molecular formula is C13H25NO2. The first-order valence-electron chi connectivity index (χ1n) is 6.82. The zero-order valence-corrected chi connectivity index (χ0v) is 10.1. The molecule has 0 bridgehead atoms. The second-order valence-corrected chi connectivity index (χ2v) is 5.51. The average molecular weight is 227 g/mol.